The van der Waals surface area contributed by atoms with E-state index in [0.29, 0.717) is 17.1 Å². The van der Waals surface area contributed by atoms with Crippen LogP contribution in [0.15, 0.2) is 89.6 Å². The molecular formula is C23H17FN2O2. The Balaban J connectivity index is 1.79. The van der Waals surface area contributed by atoms with Crippen molar-refractivity contribution in [3.8, 4) is 5.75 Å². The second-order valence-corrected chi connectivity index (χ2v) is 6.22. The second-order valence-electron chi connectivity index (χ2n) is 6.22. The Morgan fingerprint density at radius 3 is 2.25 bits per heavy atom. The van der Waals surface area contributed by atoms with Crippen LogP contribution in [0.2, 0.25) is 0 Å². The molecule has 1 heterocycles. The molecule has 0 unspecified atom stereocenters. The maximum absolute atomic E-state index is 13.2. The number of ether oxygens (including phenoxy) is 1. The average Bonchev–Trinajstić information content (AvgIpc) is 3.06. The molecule has 1 aliphatic rings. The number of carbonyl (C=O) groups excluding carboxylic acids is 1. The minimum atomic E-state index is -0.326. The highest BCUT2D eigenvalue weighted by Gasteiger charge is 2.32. The van der Waals surface area contributed by atoms with Gasteiger partial charge in [0.15, 0.2) is 0 Å². The first-order valence-corrected chi connectivity index (χ1v) is 8.75. The molecule has 0 fully saturated rings. The van der Waals surface area contributed by atoms with Gasteiger partial charge in [-0.3, -0.25) is 9.69 Å². The van der Waals surface area contributed by atoms with Gasteiger partial charge in [-0.2, -0.15) is 0 Å². The summed E-state index contributed by atoms with van der Waals surface area (Å²) in [6, 6.07) is 22.7. The Hall–Kier alpha value is -3.73. The Morgan fingerprint density at radius 1 is 0.929 bits per heavy atom. The van der Waals surface area contributed by atoms with Crippen molar-refractivity contribution in [1.82, 2.24) is 0 Å². The van der Waals surface area contributed by atoms with Crippen LogP contribution in [0.4, 0.5) is 10.1 Å². The van der Waals surface area contributed by atoms with Crippen molar-refractivity contribution < 1.29 is 13.9 Å². The molecule has 0 spiro atoms. The van der Waals surface area contributed by atoms with Gasteiger partial charge in [0.05, 0.1) is 12.8 Å². The van der Waals surface area contributed by atoms with Crippen molar-refractivity contribution in [3.05, 3.63) is 102 Å². The first-order valence-electron chi connectivity index (χ1n) is 8.75. The summed E-state index contributed by atoms with van der Waals surface area (Å²) < 4.78 is 18.4. The topological polar surface area (TPSA) is 41.9 Å². The molecule has 4 rings (SSSR count). The molecule has 4 nitrogen and oxygen atoms in total. The number of amidine groups is 1. The number of para-hydroxylation sites is 1. The van der Waals surface area contributed by atoms with Gasteiger partial charge in [0.1, 0.15) is 23.1 Å². The summed E-state index contributed by atoms with van der Waals surface area (Å²) in [4.78, 5) is 19.3. The van der Waals surface area contributed by atoms with Gasteiger partial charge >= 0.3 is 0 Å². The summed E-state index contributed by atoms with van der Waals surface area (Å²) in [5.41, 5.74) is 2.52. The van der Waals surface area contributed by atoms with E-state index in [9.17, 15) is 9.18 Å². The number of benzene rings is 3. The zero-order valence-corrected chi connectivity index (χ0v) is 15.2. The van der Waals surface area contributed by atoms with Gasteiger partial charge < -0.3 is 4.74 Å². The first-order chi connectivity index (χ1) is 13.7. The molecule has 0 atom stereocenters. The van der Waals surface area contributed by atoms with Crippen molar-refractivity contribution in [3.63, 3.8) is 0 Å². The third kappa shape index (κ3) is 3.42. The molecule has 0 N–H and O–H groups in total. The van der Waals surface area contributed by atoms with Crippen molar-refractivity contribution in [2.75, 3.05) is 12.0 Å². The molecule has 1 amide bonds. The number of rotatable bonds is 4. The van der Waals surface area contributed by atoms with Crippen molar-refractivity contribution >= 4 is 23.5 Å². The lowest BCUT2D eigenvalue weighted by Crippen LogP contribution is -2.32. The summed E-state index contributed by atoms with van der Waals surface area (Å²) >= 11 is 0. The molecule has 28 heavy (non-hydrogen) atoms. The SMILES string of the molecule is COc1ccc(C2=N/C(=C/c3ccc(F)cc3)C(=O)N2c2ccccc2)cc1. The Labute approximate surface area is 162 Å². The number of hydrogen-bond acceptors (Lipinski definition) is 3. The predicted molar refractivity (Wildman–Crippen MR) is 108 cm³/mol. The number of amides is 1. The van der Waals surface area contributed by atoms with E-state index in [1.165, 1.54) is 12.1 Å². The number of aliphatic imine (C=N–C) groups is 1. The van der Waals surface area contributed by atoms with Gasteiger partial charge in [-0.05, 0) is 60.2 Å². The van der Waals surface area contributed by atoms with E-state index in [2.05, 4.69) is 4.99 Å². The van der Waals surface area contributed by atoms with Crippen LogP contribution in [0.25, 0.3) is 6.08 Å². The van der Waals surface area contributed by atoms with E-state index in [4.69, 9.17) is 4.74 Å². The molecule has 138 valence electrons. The van der Waals surface area contributed by atoms with E-state index in [1.54, 1.807) is 30.2 Å². The normalized spacial score (nSPS) is 15.1. The Kier molecular flexibility index (Phi) is 4.72. The van der Waals surface area contributed by atoms with Gasteiger partial charge in [0.25, 0.3) is 5.91 Å². The minimum absolute atomic E-state index is 0.235. The monoisotopic (exact) mass is 372 g/mol. The van der Waals surface area contributed by atoms with Crippen LogP contribution in [0.3, 0.4) is 0 Å². The van der Waals surface area contributed by atoms with Crippen LogP contribution in [0.1, 0.15) is 11.1 Å². The number of carbonyl (C=O) groups is 1. The summed E-state index contributed by atoms with van der Waals surface area (Å²) in [6.45, 7) is 0. The Morgan fingerprint density at radius 2 is 1.61 bits per heavy atom. The maximum Gasteiger partial charge on any atom is 0.282 e. The molecular weight excluding hydrogens is 355 g/mol. The van der Waals surface area contributed by atoms with Gasteiger partial charge in [0, 0.05) is 5.56 Å². The average molecular weight is 372 g/mol. The van der Waals surface area contributed by atoms with Crippen LogP contribution < -0.4 is 9.64 Å². The van der Waals surface area contributed by atoms with E-state index in [1.807, 2.05) is 54.6 Å². The Bertz CT molecular complexity index is 1060. The van der Waals surface area contributed by atoms with E-state index in [0.717, 1.165) is 17.0 Å². The van der Waals surface area contributed by atoms with E-state index >= 15 is 0 Å². The van der Waals surface area contributed by atoms with Crippen LogP contribution in [-0.4, -0.2) is 18.9 Å². The van der Waals surface area contributed by atoms with Crippen molar-refractivity contribution in [1.29, 1.82) is 0 Å². The minimum Gasteiger partial charge on any atom is -0.497 e. The number of methoxy groups -OCH3 is 1. The lowest BCUT2D eigenvalue weighted by atomic mass is 10.1. The summed E-state index contributed by atoms with van der Waals surface area (Å²) in [7, 11) is 1.60. The van der Waals surface area contributed by atoms with Gasteiger partial charge in [-0.25, -0.2) is 9.38 Å². The van der Waals surface area contributed by atoms with Crippen LogP contribution in [-0.2, 0) is 4.79 Å². The number of hydrogen-bond donors (Lipinski definition) is 0. The lowest BCUT2D eigenvalue weighted by molar-refractivity contribution is -0.113. The highest BCUT2D eigenvalue weighted by atomic mass is 19.1. The fourth-order valence-electron chi connectivity index (χ4n) is 2.98. The smallest absolute Gasteiger partial charge is 0.282 e. The number of halogens is 1. The highest BCUT2D eigenvalue weighted by molar-refractivity contribution is 6.33. The predicted octanol–water partition coefficient (Wildman–Crippen LogP) is 4.67. The molecule has 0 radical (unpaired) electrons. The number of nitrogens with zero attached hydrogens (tertiary/aromatic N) is 2. The third-order valence-corrected chi connectivity index (χ3v) is 4.40. The zero-order valence-electron chi connectivity index (χ0n) is 15.2. The van der Waals surface area contributed by atoms with Crippen LogP contribution in [0.5, 0.6) is 5.75 Å². The van der Waals surface area contributed by atoms with Gasteiger partial charge in [-0.1, -0.05) is 30.3 Å². The van der Waals surface area contributed by atoms with E-state index in [-0.39, 0.29) is 11.7 Å². The molecule has 5 heteroatoms. The second kappa shape index (κ2) is 7.48. The van der Waals surface area contributed by atoms with Gasteiger partial charge in [-0.15, -0.1) is 0 Å². The summed E-state index contributed by atoms with van der Waals surface area (Å²) in [5, 5.41) is 0. The molecule has 0 bridgehead atoms. The van der Waals surface area contributed by atoms with Crippen molar-refractivity contribution in [2.45, 2.75) is 0 Å². The third-order valence-electron chi connectivity index (χ3n) is 4.40. The van der Waals surface area contributed by atoms with Gasteiger partial charge in [0.2, 0.25) is 0 Å². The quantitative estimate of drug-likeness (QED) is 0.625. The fourth-order valence-corrected chi connectivity index (χ4v) is 2.98. The molecule has 0 saturated heterocycles. The molecule has 0 aromatic heterocycles. The maximum atomic E-state index is 13.2. The van der Waals surface area contributed by atoms with Crippen LogP contribution in [0, 0.1) is 5.82 Å². The zero-order chi connectivity index (χ0) is 19.5. The van der Waals surface area contributed by atoms with Crippen molar-refractivity contribution in [2.24, 2.45) is 4.99 Å². The molecule has 1 aliphatic heterocycles. The lowest BCUT2D eigenvalue weighted by Gasteiger charge is -2.18. The van der Waals surface area contributed by atoms with E-state index < -0.39 is 0 Å². The first kappa shape index (κ1) is 17.7. The summed E-state index contributed by atoms with van der Waals surface area (Å²) in [5.74, 6) is 0.698. The molecule has 0 saturated carbocycles. The fraction of sp³-hybridized carbons (Fsp3) is 0.0435. The number of anilines is 1. The van der Waals surface area contributed by atoms with Crippen LogP contribution >= 0.6 is 0 Å². The largest absolute Gasteiger partial charge is 0.497 e. The standard InChI is InChI=1S/C23H17FN2O2/c1-28-20-13-9-17(10-14-20)22-25-21(15-16-7-11-18(24)12-8-16)23(27)26(22)19-5-3-2-4-6-19/h2-15H,1H3/b21-15+. The highest BCUT2D eigenvalue weighted by Crippen LogP contribution is 2.28. The summed E-state index contributed by atoms with van der Waals surface area (Å²) in [6.07, 6.45) is 1.66. The molecule has 3 aromatic carbocycles. The molecule has 3 aromatic rings. The molecule has 0 aliphatic carbocycles.